The first-order valence-corrected chi connectivity index (χ1v) is 9.15. The summed E-state index contributed by atoms with van der Waals surface area (Å²) in [5, 5.41) is 0. The normalized spacial score (nSPS) is 11.0. The number of hydrogen-bond donors (Lipinski definition) is 0. The summed E-state index contributed by atoms with van der Waals surface area (Å²) in [6.07, 6.45) is 4.25. The van der Waals surface area contributed by atoms with Gasteiger partial charge in [0, 0.05) is 18.6 Å². The fraction of sp³-hybridized carbons (Fsp3) is 0.500. The number of hydrogen-bond acceptors (Lipinski definition) is 7. The van der Waals surface area contributed by atoms with Gasteiger partial charge < -0.3 is 18.9 Å². The molecule has 162 valence electrons. The van der Waals surface area contributed by atoms with E-state index >= 15 is 0 Å². The quantitative estimate of drug-likeness (QED) is 0.143. The zero-order valence-corrected chi connectivity index (χ0v) is 17.7. The van der Waals surface area contributed by atoms with Crippen LogP contribution in [0, 0.1) is 10.8 Å². The van der Waals surface area contributed by atoms with Gasteiger partial charge in [0.15, 0.2) is 0 Å². The van der Waals surface area contributed by atoms with Crippen molar-refractivity contribution in [3.8, 4) is 0 Å². The molecule has 7 nitrogen and oxygen atoms in total. The second-order valence-electron chi connectivity index (χ2n) is 7.80. The lowest BCUT2D eigenvalue weighted by Gasteiger charge is -2.32. The molecule has 0 saturated heterocycles. The molecular formula is C22H32O7. The summed E-state index contributed by atoms with van der Waals surface area (Å²) in [4.78, 5) is 35.3. The van der Waals surface area contributed by atoms with Gasteiger partial charge in [0.05, 0.1) is 0 Å². The van der Waals surface area contributed by atoms with E-state index in [1.165, 1.54) is 6.08 Å². The largest absolute Gasteiger partial charge is 0.493 e. The lowest BCUT2D eigenvalue weighted by atomic mass is 9.90. The Morgan fingerprint density at radius 2 is 1.21 bits per heavy atom. The van der Waals surface area contributed by atoms with Crippen LogP contribution in [-0.4, -0.2) is 44.3 Å². The molecule has 0 aliphatic heterocycles. The highest BCUT2D eigenvalue weighted by Gasteiger charge is 2.37. The molecule has 0 heterocycles. The number of carbonyl (C=O) groups is 3. The van der Waals surface area contributed by atoms with Crippen molar-refractivity contribution < 1.29 is 33.3 Å². The molecule has 0 bridgehead atoms. The van der Waals surface area contributed by atoms with Crippen LogP contribution in [-0.2, 0) is 33.3 Å². The van der Waals surface area contributed by atoms with Gasteiger partial charge in [-0.2, -0.15) is 0 Å². The SMILES string of the molecule is C=CC(=C)OCC(COC(=O)C=C)(COC(=O)C=C)COC(=O)CCC(C)(C)C. The Morgan fingerprint density at radius 1 is 0.759 bits per heavy atom. The van der Waals surface area contributed by atoms with E-state index in [9.17, 15) is 14.4 Å². The molecule has 7 heteroatoms. The van der Waals surface area contributed by atoms with Crippen molar-refractivity contribution in [2.45, 2.75) is 33.6 Å². The maximum absolute atomic E-state index is 12.2. The highest BCUT2D eigenvalue weighted by atomic mass is 16.6. The molecule has 29 heavy (non-hydrogen) atoms. The van der Waals surface area contributed by atoms with Crippen LogP contribution in [0.1, 0.15) is 33.6 Å². The van der Waals surface area contributed by atoms with Crippen LogP contribution < -0.4 is 0 Å². The molecule has 0 spiro atoms. The van der Waals surface area contributed by atoms with Crippen LogP contribution >= 0.6 is 0 Å². The second kappa shape index (κ2) is 12.6. The standard InChI is InChI=1S/C22H32O7/c1-8-17(4)26-13-22(14-27-18(23)9-2,15-28-19(24)10-3)16-29-20(25)11-12-21(5,6)7/h8-10H,1-4,11-16H2,5-7H3. The lowest BCUT2D eigenvalue weighted by Crippen LogP contribution is -2.43. The van der Waals surface area contributed by atoms with Crippen molar-refractivity contribution in [3.63, 3.8) is 0 Å². The fourth-order valence-electron chi connectivity index (χ4n) is 1.90. The topological polar surface area (TPSA) is 88.1 Å². The Balaban J connectivity index is 5.37. The van der Waals surface area contributed by atoms with Crippen LogP contribution in [0.25, 0.3) is 0 Å². The van der Waals surface area contributed by atoms with E-state index in [1.54, 1.807) is 0 Å². The Hall–Kier alpha value is -2.83. The number of ether oxygens (including phenoxy) is 4. The molecule has 0 fully saturated rings. The zero-order chi connectivity index (χ0) is 22.5. The van der Waals surface area contributed by atoms with Gasteiger partial charge in [0.1, 0.15) is 37.6 Å². The molecule has 0 aliphatic carbocycles. The molecule has 0 rings (SSSR count). The third-order valence-electron chi connectivity index (χ3n) is 3.78. The molecule has 0 aliphatic rings. The first-order chi connectivity index (χ1) is 13.5. The van der Waals surface area contributed by atoms with E-state index in [2.05, 4.69) is 26.3 Å². The van der Waals surface area contributed by atoms with Crippen molar-refractivity contribution in [1.82, 2.24) is 0 Å². The van der Waals surface area contributed by atoms with E-state index in [1.807, 2.05) is 20.8 Å². The van der Waals surface area contributed by atoms with Gasteiger partial charge in [0.25, 0.3) is 0 Å². The van der Waals surface area contributed by atoms with Crippen LogP contribution in [0.5, 0.6) is 0 Å². The van der Waals surface area contributed by atoms with Crippen LogP contribution in [0.15, 0.2) is 50.3 Å². The first kappa shape index (κ1) is 26.2. The predicted molar refractivity (Wildman–Crippen MR) is 110 cm³/mol. The molecular weight excluding hydrogens is 376 g/mol. The van der Waals surface area contributed by atoms with E-state index in [4.69, 9.17) is 18.9 Å². The van der Waals surface area contributed by atoms with Crippen molar-refractivity contribution in [2.24, 2.45) is 10.8 Å². The maximum atomic E-state index is 12.2. The van der Waals surface area contributed by atoms with Crippen LogP contribution in [0.2, 0.25) is 0 Å². The number of rotatable bonds is 14. The summed E-state index contributed by atoms with van der Waals surface area (Å²) in [6, 6.07) is 0. The molecule has 0 N–H and O–H groups in total. The molecule has 0 amide bonds. The van der Waals surface area contributed by atoms with Crippen molar-refractivity contribution in [1.29, 1.82) is 0 Å². The summed E-state index contributed by atoms with van der Waals surface area (Å²) in [7, 11) is 0. The monoisotopic (exact) mass is 408 g/mol. The predicted octanol–water partition coefficient (Wildman–Crippen LogP) is 3.52. The van der Waals surface area contributed by atoms with E-state index in [0.29, 0.717) is 6.42 Å². The minimum absolute atomic E-state index is 0.0279. The maximum Gasteiger partial charge on any atom is 0.330 e. The van der Waals surface area contributed by atoms with Crippen LogP contribution in [0.3, 0.4) is 0 Å². The third-order valence-corrected chi connectivity index (χ3v) is 3.78. The van der Waals surface area contributed by atoms with Gasteiger partial charge in [-0.15, -0.1) is 0 Å². The average molecular weight is 408 g/mol. The zero-order valence-electron chi connectivity index (χ0n) is 17.7. The summed E-state index contributed by atoms with van der Waals surface area (Å²) < 4.78 is 21.2. The molecule has 0 aromatic carbocycles. The Labute approximate surface area is 173 Å². The first-order valence-electron chi connectivity index (χ1n) is 9.15. The molecule has 0 atom stereocenters. The van der Waals surface area contributed by atoms with Gasteiger partial charge >= 0.3 is 17.9 Å². The minimum atomic E-state index is -1.15. The number of allylic oxidation sites excluding steroid dienone is 1. The summed E-state index contributed by atoms with van der Waals surface area (Å²) in [5.41, 5.74) is -1.18. The third kappa shape index (κ3) is 12.3. The molecule has 0 saturated carbocycles. The van der Waals surface area contributed by atoms with Gasteiger partial charge in [-0.05, 0) is 17.9 Å². The van der Waals surface area contributed by atoms with Gasteiger partial charge in [-0.25, -0.2) is 9.59 Å². The minimum Gasteiger partial charge on any atom is -0.493 e. The highest BCUT2D eigenvalue weighted by Crippen LogP contribution is 2.24. The number of carbonyl (C=O) groups excluding carboxylic acids is 3. The smallest absolute Gasteiger partial charge is 0.330 e. The van der Waals surface area contributed by atoms with E-state index in [0.717, 1.165) is 12.2 Å². The summed E-state index contributed by atoms with van der Waals surface area (Å²) in [5.74, 6) is -1.51. The van der Waals surface area contributed by atoms with Crippen molar-refractivity contribution in [2.75, 3.05) is 26.4 Å². The second-order valence-corrected chi connectivity index (χ2v) is 7.80. The Kier molecular flexibility index (Phi) is 11.4. The van der Waals surface area contributed by atoms with Gasteiger partial charge in [-0.3, -0.25) is 4.79 Å². The molecule has 0 radical (unpaired) electrons. The molecule has 0 aromatic heterocycles. The molecule has 0 unspecified atom stereocenters. The Bertz CT molecular complexity index is 566. The Morgan fingerprint density at radius 3 is 1.62 bits per heavy atom. The summed E-state index contributed by atoms with van der Waals surface area (Å²) in [6.45, 7) is 19.2. The highest BCUT2D eigenvalue weighted by molar-refractivity contribution is 5.81. The van der Waals surface area contributed by atoms with E-state index < -0.39 is 23.3 Å². The number of esters is 3. The van der Waals surface area contributed by atoms with E-state index in [-0.39, 0.29) is 44.0 Å². The fourth-order valence-corrected chi connectivity index (χ4v) is 1.90. The molecule has 0 aromatic rings. The average Bonchev–Trinajstić information content (AvgIpc) is 2.69. The van der Waals surface area contributed by atoms with Crippen molar-refractivity contribution in [3.05, 3.63) is 50.3 Å². The van der Waals surface area contributed by atoms with Gasteiger partial charge in [0.2, 0.25) is 0 Å². The van der Waals surface area contributed by atoms with Gasteiger partial charge in [-0.1, -0.05) is 47.1 Å². The summed E-state index contributed by atoms with van der Waals surface area (Å²) >= 11 is 0. The van der Waals surface area contributed by atoms with Crippen LogP contribution in [0.4, 0.5) is 0 Å². The van der Waals surface area contributed by atoms with Crippen molar-refractivity contribution >= 4 is 17.9 Å². The lowest BCUT2D eigenvalue weighted by molar-refractivity contribution is -0.162.